The van der Waals surface area contributed by atoms with Gasteiger partial charge in [-0.2, -0.15) is 0 Å². The van der Waals surface area contributed by atoms with Crippen molar-refractivity contribution < 1.29 is 9.53 Å². The molecule has 0 aromatic rings. The topological polar surface area (TPSA) is 55.6 Å². The van der Waals surface area contributed by atoms with Gasteiger partial charge in [0.1, 0.15) is 5.60 Å². The van der Waals surface area contributed by atoms with Crippen LogP contribution in [0.5, 0.6) is 0 Å². The SMILES string of the molecule is CCCCN(C(=O)OC(C)(C)C)[C@@H](C)C(C)N. The molecule has 0 saturated heterocycles. The van der Waals surface area contributed by atoms with Crippen molar-refractivity contribution in [3.8, 4) is 0 Å². The fourth-order valence-corrected chi connectivity index (χ4v) is 1.39. The molecule has 0 fully saturated rings. The Bertz CT molecular complexity index is 234. The minimum atomic E-state index is -0.459. The van der Waals surface area contributed by atoms with Crippen LogP contribution in [-0.4, -0.2) is 35.2 Å². The molecule has 0 heterocycles. The first kappa shape index (κ1) is 16.2. The maximum atomic E-state index is 12.1. The molecule has 2 atom stereocenters. The quantitative estimate of drug-likeness (QED) is 0.809. The summed E-state index contributed by atoms with van der Waals surface area (Å²) in [4.78, 5) is 13.8. The lowest BCUT2D eigenvalue weighted by atomic mass is 10.1. The van der Waals surface area contributed by atoms with E-state index in [4.69, 9.17) is 10.5 Å². The van der Waals surface area contributed by atoms with Crippen molar-refractivity contribution >= 4 is 6.09 Å². The Morgan fingerprint density at radius 3 is 2.24 bits per heavy atom. The molecule has 0 aromatic carbocycles. The fraction of sp³-hybridized carbons (Fsp3) is 0.923. The Kier molecular flexibility index (Phi) is 6.53. The number of amides is 1. The van der Waals surface area contributed by atoms with Crippen molar-refractivity contribution in [2.24, 2.45) is 5.73 Å². The summed E-state index contributed by atoms with van der Waals surface area (Å²) in [5, 5.41) is 0. The van der Waals surface area contributed by atoms with Crippen LogP contribution in [0.3, 0.4) is 0 Å². The normalized spacial score (nSPS) is 15.2. The van der Waals surface area contributed by atoms with Crippen LogP contribution in [0.1, 0.15) is 54.4 Å². The Balaban J connectivity index is 4.61. The van der Waals surface area contributed by atoms with Crippen LogP contribution in [0.15, 0.2) is 0 Å². The van der Waals surface area contributed by atoms with Gasteiger partial charge in [0.2, 0.25) is 0 Å². The van der Waals surface area contributed by atoms with E-state index in [1.165, 1.54) is 0 Å². The summed E-state index contributed by atoms with van der Waals surface area (Å²) in [6.07, 6.45) is 1.75. The van der Waals surface area contributed by atoms with E-state index in [1.807, 2.05) is 34.6 Å². The number of carbonyl (C=O) groups excluding carboxylic acids is 1. The van der Waals surface area contributed by atoms with E-state index in [1.54, 1.807) is 4.90 Å². The molecule has 4 heteroatoms. The molecule has 4 nitrogen and oxygen atoms in total. The first-order valence-corrected chi connectivity index (χ1v) is 6.44. The number of nitrogens with two attached hydrogens (primary N) is 1. The molecule has 0 aliphatic rings. The summed E-state index contributed by atoms with van der Waals surface area (Å²) < 4.78 is 5.40. The van der Waals surface area contributed by atoms with E-state index in [0.29, 0.717) is 6.54 Å². The molecule has 0 aliphatic heterocycles. The molecule has 0 rings (SSSR count). The monoisotopic (exact) mass is 244 g/mol. The second-order valence-corrected chi connectivity index (χ2v) is 5.63. The first-order chi connectivity index (χ1) is 7.69. The molecule has 1 amide bonds. The van der Waals surface area contributed by atoms with Gasteiger partial charge in [-0.05, 0) is 41.0 Å². The van der Waals surface area contributed by atoms with E-state index >= 15 is 0 Å². The highest BCUT2D eigenvalue weighted by Gasteiger charge is 2.27. The summed E-state index contributed by atoms with van der Waals surface area (Å²) in [7, 11) is 0. The van der Waals surface area contributed by atoms with Gasteiger partial charge in [0, 0.05) is 18.6 Å². The molecule has 102 valence electrons. The molecule has 0 aromatic heterocycles. The zero-order valence-corrected chi connectivity index (χ0v) is 12.1. The number of ether oxygens (including phenoxy) is 1. The van der Waals surface area contributed by atoms with Crippen LogP contribution < -0.4 is 5.73 Å². The number of rotatable bonds is 5. The van der Waals surface area contributed by atoms with Gasteiger partial charge in [0.15, 0.2) is 0 Å². The largest absolute Gasteiger partial charge is 0.444 e. The number of hydrogen-bond acceptors (Lipinski definition) is 3. The standard InChI is InChI=1S/C13H28N2O2/c1-7-8-9-15(11(3)10(2)14)12(16)17-13(4,5)6/h10-11H,7-9,14H2,1-6H3/t10?,11-/m0/s1. The summed E-state index contributed by atoms with van der Waals surface area (Å²) >= 11 is 0. The zero-order chi connectivity index (χ0) is 13.6. The maximum absolute atomic E-state index is 12.1. The highest BCUT2D eigenvalue weighted by molar-refractivity contribution is 5.68. The van der Waals surface area contributed by atoms with Crippen molar-refractivity contribution in [3.05, 3.63) is 0 Å². The molecule has 0 aliphatic carbocycles. The van der Waals surface area contributed by atoms with Gasteiger partial charge in [-0.1, -0.05) is 13.3 Å². The van der Waals surface area contributed by atoms with Crippen molar-refractivity contribution in [1.29, 1.82) is 0 Å². The summed E-state index contributed by atoms with van der Waals surface area (Å²) in [5.41, 5.74) is 5.40. The molecule has 0 spiro atoms. The van der Waals surface area contributed by atoms with Crippen LogP contribution >= 0.6 is 0 Å². The average molecular weight is 244 g/mol. The van der Waals surface area contributed by atoms with Gasteiger partial charge in [0.25, 0.3) is 0 Å². The smallest absolute Gasteiger partial charge is 0.410 e. The van der Waals surface area contributed by atoms with Gasteiger partial charge in [0.05, 0.1) is 0 Å². The molecule has 1 unspecified atom stereocenters. The van der Waals surface area contributed by atoms with Crippen LogP contribution in [0.2, 0.25) is 0 Å². The second kappa shape index (κ2) is 6.84. The third-order valence-electron chi connectivity index (χ3n) is 2.63. The van der Waals surface area contributed by atoms with Crippen LogP contribution in [0, 0.1) is 0 Å². The predicted molar refractivity (Wildman–Crippen MR) is 71.0 cm³/mol. The zero-order valence-electron chi connectivity index (χ0n) is 12.1. The molecule has 0 saturated carbocycles. The Morgan fingerprint density at radius 2 is 1.88 bits per heavy atom. The third-order valence-corrected chi connectivity index (χ3v) is 2.63. The van der Waals surface area contributed by atoms with Gasteiger partial charge < -0.3 is 15.4 Å². The Labute approximate surface area is 105 Å². The average Bonchev–Trinajstić information content (AvgIpc) is 2.15. The van der Waals surface area contributed by atoms with Crippen LogP contribution in [0.25, 0.3) is 0 Å². The van der Waals surface area contributed by atoms with Crippen molar-refractivity contribution in [2.45, 2.75) is 72.1 Å². The summed E-state index contributed by atoms with van der Waals surface area (Å²) in [5.74, 6) is 0. The van der Waals surface area contributed by atoms with Crippen molar-refractivity contribution in [2.75, 3.05) is 6.54 Å². The Hall–Kier alpha value is -0.770. The second-order valence-electron chi connectivity index (χ2n) is 5.63. The maximum Gasteiger partial charge on any atom is 0.410 e. The summed E-state index contributed by atoms with van der Waals surface area (Å²) in [6, 6.07) is -0.0595. The number of unbranched alkanes of at least 4 members (excludes halogenated alkanes) is 1. The minimum Gasteiger partial charge on any atom is -0.444 e. The number of nitrogens with zero attached hydrogens (tertiary/aromatic N) is 1. The van der Waals surface area contributed by atoms with Crippen molar-refractivity contribution in [1.82, 2.24) is 4.90 Å². The predicted octanol–water partition coefficient (Wildman–Crippen LogP) is 2.76. The number of hydrogen-bond donors (Lipinski definition) is 1. The van der Waals surface area contributed by atoms with Gasteiger partial charge in [-0.25, -0.2) is 4.79 Å². The lowest BCUT2D eigenvalue weighted by Gasteiger charge is -2.33. The molecular formula is C13H28N2O2. The summed E-state index contributed by atoms with van der Waals surface area (Å²) in [6.45, 7) is 12.3. The van der Waals surface area contributed by atoms with Crippen LogP contribution in [0.4, 0.5) is 4.79 Å². The van der Waals surface area contributed by atoms with E-state index in [0.717, 1.165) is 12.8 Å². The molecule has 2 N–H and O–H groups in total. The van der Waals surface area contributed by atoms with Gasteiger partial charge in [-0.15, -0.1) is 0 Å². The molecule has 0 radical (unpaired) electrons. The first-order valence-electron chi connectivity index (χ1n) is 6.44. The molecule has 17 heavy (non-hydrogen) atoms. The Morgan fingerprint density at radius 1 is 1.35 bits per heavy atom. The van der Waals surface area contributed by atoms with E-state index in [2.05, 4.69) is 6.92 Å². The molecule has 0 bridgehead atoms. The van der Waals surface area contributed by atoms with E-state index in [9.17, 15) is 4.79 Å². The lowest BCUT2D eigenvalue weighted by molar-refractivity contribution is 0.0154. The third kappa shape index (κ3) is 6.51. The number of carbonyl (C=O) groups is 1. The van der Waals surface area contributed by atoms with Crippen molar-refractivity contribution in [3.63, 3.8) is 0 Å². The minimum absolute atomic E-state index is 0.00333. The highest BCUT2D eigenvalue weighted by Crippen LogP contribution is 2.14. The van der Waals surface area contributed by atoms with Crippen LogP contribution in [-0.2, 0) is 4.74 Å². The fourth-order valence-electron chi connectivity index (χ4n) is 1.39. The highest BCUT2D eigenvalue weighted by atomic mass is 16.6. The molecular weight excluding hydrogens is 216 g/mol. The van der Waals surface area contributed by atoms with Gasteiger partial charge in [-0.3, -0.25) is 0 Å². The lowest BCUT2D eigenvalue weighted by Crippen LogP contribution is -2.49. The van der Waals surface area contributed by atoms with Gasteiger partial charge >= 0.3 is 6.09 Å². The van der Waals surface area contributed by atoms with E-state index < -0.39 is 5.60 Å². The van der Waals surface area contributed by atoms with E-state index in [-0.39, 0.29) is 18.2 Å².